The van der Waals surface area contributed by atoms with E-state index in [0.717, 1.165) is 18.8 Å². The summed E-state index contributed by atoms with van der Waals surface area (Å²) in [6, 6.07) is 0. The van der Waals surface area contributed by atoms with Crippen molar-refractivity contribution in [1.82, 2.24) is 5.32 Å². The predicted octanol–water partition coefficient (Wildman–Crippen LogP) is 1.13. The molecule has 1 heterocycles. The highest BCUT2D eigenvalue weighted by atomic mass is 35.5. The average Bonchev–Trinajstić information content (AvgIpc) is 2.31. The second kappa shape index (κ2) is 6.08. The van der Waals surface area contributed by atoms with E-state index in [-0.39, 0.29) is 18.5 Å². The highest BCUT2D eigenvalue weighted by Gasteiger charge is 2.24. The number of nitrogens with one attached hydrogen (secondary N) is 1. The van der Waals surface area contributed by atoms with Crippen LogP contribution in [0.5, 0.6) is 0 Å². The molecule has 4 heteroatoms. The molecule has 12 heavy (non-hydrogen) atoms. The molecule has 0 aromatic rings. The van der Waals surface area contributed by atoms with Crippen LogP contribution >= 0.6 is 24.2 Å². The average molecular weight is 212 g/mol. The lowest BCUT2D eigenvalue weighted by atomic mass is 10.1. The predicted molar refractivity (Wildman–Crippen MR) is 57.2 cm³/mol. The van der Waals surface area contributed by atoms with E-state index in [0.29, 0.717) is 11.2 Å². The Bertz CT molecular complexity index is 124. The second-order valence-electron chi connectivity index (χ2n) is 3.37. The van der Waals surface area contributed by atoms with Crippen molar-refractivity contribution in [2.75, 3.05) is 18.8 Å². The Morgan fingerprint density at radius 1 is 1.50 bits per heavy atom. The van der Waals surface area contributed by atoms with Crippen LogP contribution in [-0.2, 0) is 0 Å². The van der Waals surface area contributed by atoms with Crippen LogP contribution < -0.4 is 5.32 Å². The van der Waals surface area contributed by atoms with E-state index in [1.807, 2.05) is 11.8 Å². The van der Waals surface area contributed by atoms with Crippen molar-refractivity contribution in [3.63, 3.8) is 0 Å². The van der Waals surface area contributed by atoms with Gasteiger partial charge in [-0.05, 0) is 5.25 Å². The van der Waals surface area contributed by atoms with E-state index < -0.39 is 0 Å². The highest BCUT2D eigenvalue weighted by molar-refractivity contribution is 7.99. The summed E-state index contributed by atoms with van der Waals surface area (Å²) in [4.78, 5) is 0. The molecule has 1 aliphatic heterocycles. The molecule has 0 radical (unpaired) electrons. The zero-order chi connectivity index (χ0) is 8.27. The highest BCUT2D eigenvalue weighted by Crippen LogP contribution is 2.18. The van der Waals surface area contributed by atoms with Gasteiger partial charge in [-0.1, -0.05) is 13.8 Å². The molecule has 74 valence electrons. The third kappa shape index (κ3) is 3.99. The quantitative estimate of drug-likeness (QED) is 0.734. The van der Waals surface area contributed by atoms with Gasteiger partial charge in [-0.25, -0.2) is 0 Å². The summed E-state index contributed by atoms with van der Waals surface area (Å²) in [5.41, 5.74) is 0. The van der Waals surface area contributed by atoms with Crippen LogP contribution in [0.4, 0.5) is 0 Å². The zero-order valence-electron chi connectivity index (χ0n) is 7.62. The molecule has 1 fully saturated rings. The number of halogens is 1. The van der Waals surface area contributed by atoms with Crippen LogP contribution in [0.1, 0.15) is 13.8 Å². The van der Waals surface area contributed by atoms with Crippen molar-refractivity contribution in [3.05, 3.63) is 0 Å². The van der Waals surface area contributed by atoms with Crippen molar-refractivity contribution >= 4 is 24.2 Å². The van der Waals surface area contributed by atoms with Crippen LogP contribution in [-0.4, -0.2) is 35.3 Å². The van der Waals surface area contributed by atoms with E-state index in [1.165, 1.54) is 0 Å². The van der Waals surface area contributed by atoms with Crippen LogP contribution in [0.3, 0.4) is 0 Å². The van der Waals surface area contributed by atoms with Gasteiger partial charge in [0.05, 0.1) is 6.10 Å². The van der Waals surface area contributed by atoms with E-state index in [9.17, 15) is 5.11 Å². The normalized spacial score (nSPS) is 29.0. The summed E-state index contributed by atoms with van der Waals surface area (Å²) in [5, 5.41) is 13.3. The minimum absolute atomic E-state index is 0. The number of aliphatic hydroxyl groups is 1. The summed E-state index contributed by atoms with van der Waals surface area (Å²) in [7, 11) is 0. The van der Waals surface area contributed by atoms with Crippen molar-refractivity contribution in [2.45, 2.75) is 25.2 Å². The van der Waals surface area contributed by atoms with Crippen molar-refractivity contribution in [2.24, 2.45) is 5.92 Å². The van der Waals surface area contributed by atoms with Crippen LogP contribution in [0.25, 0.3) is 0 Å². The molecule has 0 aliphatic carbocycles. The van der Waals surface area contributed by atoms with Crippen molar-refractivity contribution < 1.29 is 5.11 Å². The molecule has 2 nitrogen and oxygen atoms in total. The fourth-order valence-corrected chi connectivity index (χ4v) is 2.18. The van der Waals surface area contributed by atoms with Crippen molar-refractivity contribution in [1.29, 1.82) is 0 Å². The maximum Gasteiger partial charge on any atom is 0.0712 e. The van der Waals surface area contributed by atoms with Gasteiger partial charge in [-0.3, -0.25) is 0 Å². The molecule has 0 aromatic carbocycles. The first-order chi connectivity index (χ1) is 5.20. The zero-order valence-corrected chi connectivity index (χ0v) is 9.25. The fourth-order valence-electron chi connectivity index (χ4n) is 1.21. The molecule has 2 N–H and O–H groups in total. The van der Waals surface area contributed by atoms with Gasteiger partial charge < -0.3 is 10.4 Å². The Hall–Kier alpha value is 0.560. The first kappa shape index (κ1) is 12.6. The monoisotopic (exact) mass is 211 g/mol. The van der Waals surface area contributed by atoms with E-state index in [1.54, 1.807) is 0 Å². The summed E-state index contributed by atoms with van der Waals surface area (Å²) < 4.78 is 0. The third-order valence-corrected chi connectivity index (χ3v) is 3.24. The Labute approximate surface area is 84.9 Å². The second-order valence-corrected chi connectivity index (χ2v) is 4.98. The Morgan fingerprint density at radius 2 is 2.17 bits per heavy atom. The first-order valence-electron chi connectivity index (χ1n) is 4.20. The molecule has 0 amide bonds. The van der Waals surface area contributed by atoms with E-state index in [4.69, 9.17) is 0 Å². The van der Waals surface area contributed by atoms with Crippen molar-refractivity contribution in [3.8, 4) is 0 Å². The minimum Gasteiger partial charge on any atom is -0.391 e. The molecule has 0 unspecified atom stereocenters. The van der Waals surface area contributed by atoms with E-state index >= 15 is 0 Å². The fraction of sp³-hybridized carbons (Fsp3) is 1.00. The molecule has 2 atom stereocenters. The summed E-state index contributed by atoms with van der Waals surface area (Å²) >= 11 is 1.93. The third-order valence-electron chi connectivity index (χ3n) is 1.95. The molecule has 0 aromatic heterocycles. The molecule has 0 saturated carbocycles. The minimum atomic E-state index is -0.110. The van der Waals surface area contributed by atoms with Gasteiger partial charge in [0.15, 0.2) is 0 Å². The lowest BCUT2D eigenvalue weighted by Gasteiger charge is -2.13. The molecule has 1 rings (SSSR count). The van der Waals surface area contributed by atoms with Gasteiger partial charge in [-0.15, -0.1) is 12.4 Å². The lowest BCUT2D eigenvalue weighted by molar-refractivity contribution is 0.158. The number of β-amino-alcohol motifs (C(OH)–C–C–N with tert-alkyl or cyclic N) is 1. The number of hydrogen-bond acceptors (Lipinski definition) is 3. The molecular weight excluding hydrogens is 194 g/mol. The maximum absolute atomic E-state index is 9.43. The summed E-state index contributed by atoms with van der Waals surface area (Å²) in [6.45, 7) is 6.16. The number of rotatable bonds is 3. The Balaban J connectivity index is 0.00000121. The van der Waals surface area contributed by atoms with Crippen LogP contribution in [0.2, 0.25) is 0 Å². The summed E-state index contributed by atoms with van der Waals surface area (Å²) in [6.07, 6.45) is -0.110. The molecule has 0 spiro atoms. The maximum atomic E-state index is 9.43. The molecule has 0 bridgehead atoms. The SMILES string of the molecule is CC(C)SC[C@H]1CNC[C@@H]1O.Cl. The molecular formula is C8H18ClNOS. The number of hydrogen-bond donors (Lipinski definition) is 2. The van der Waals surface area contributed by atoms with Gasteiger partial charge in [0, 0.05) is 24.8 Å². The van der Waals surface area contributed by atoms with Gasteiger partial charge in [-0.2, -0.15) is 11.8 Å². The standard InChI is InChI=1S/C8H17NOS.ClH/c1-6(2)11-5-7-3-9-4-8(7)10;/h6-10H,3-5H2,1-2H3;1H/t7-,8+;/m1./s1. The van der Waals surface area contributed by atoms with Gasteiger partial charge in [0.1, 0.15) is 0 Å². The topological polar surface area (TPSA) is 32.3 Å². The largest absolute Gasteiger partial charge is 0.391 e. The lowest BCUT2D eigenvalue weighted by Crippen LogP contribution is -2.20. The van der Waals surface area contributed by atoms with Gasteiger partial charge in [0.25, 0.3) is 0 Å². The Kier molecular flexibility index (Phi) is 6.36. The van der Waals surface area contributed by atoms with Gasteiger partial charge >= 0.3 is 0 Å². The van der Waals surface area contributed by atoms with Crippen LogP contribution in [0, 0.1) is 5.92 Å². The number of aliphatic hydroxyl groups excluding tert-OH is 1. The molecule has 1 saturated heterocycles. The molecule has 1 aliphatic rings. The van der Waals surface area contributed by atoms with Gasteiger partial charge in [0.2, 0.25) is 0 Å². The van der Waals surface area contributed by atoms with E-state index in [2.05, 4.69) is 19.2 Å². The first-order valence-corrected chi connectivity index (χ1v) is 5.25. The van der Waals surface area contributed by atoms with Crippen LogP contribution in [0.15, 0.2) is 0 Å². The smallest absolute Gasteiger partial charge is 0.0712 e. The Morgan fingerprint density at radius 3 is 2.58 bits per heavy atom. The number of thioether (sulfide) groups is 1. The summed E-state index contributed by atoms with van der Waals surface area (Å²) in [5.74, 6) is 1.56.